The summed E-state index contributed by atoms with van der Waals surface area (Å²) in [5.74, 6) is -1.57. The maximum atomic E-state index is 9.37. The van der Waals surface area contributed by atoms with E-state index in [1.54, 1.807) is 24.3 Å². The molecule has 0 spiro atoms. The van der Waals surface area contributed by atoms with Crippen LogP contribution in [0.2, 0.25) is 0 Å². The van der Waals surface area contributed by atoms with Crippen molar-refractivity contribution in [3.8, 4) is 11.5 Å². The summed E-state index contributed by atoms with van der Waals surface area (Å²) in [6, 6.07) is 14.3. The van der Waals surface area contributed by atoms with Crippen molar-refractivity contribution in [1.29, 1.82) is 0 Å². The number of aromatic hydroxyl groups is 1. The Kier molecular flexibility index (Phi) is 3.94. The first-order chi connectivity index (χ1) is 9.68. The number of phenols is 1. The molecule has 0 aliphatic heterocycles. The molecular formula is C17H20O4. The van der Waals surface area contributed by atoms with E-state index in [-0.39, 0.29) is 11.2 Å². The smallest absolute Gasteiger partial charge is 0.318 e. The van der Waals surface area contributed by atoms with Crippen LogP contribution in [0.25, 0.3) is 0 Å². The van der Waals surface area contributed by atoms with Crippen molar-refractivity contribution in [1.82, 2.24) is 0 Å². The molecule has 0 aliphatic carbocycles. The van der Waals surface area contributed by atoms with Crippen molar-refractivity contribution in [2.24, 2.45) is 0 Å². The molecule has 2 aromatic carbocycles. The first-order valence-corrected chi connectivity index (χ1v) is 6.72. The van der Waals surface area contributed by atoms with Crippen LogP contribution in [0, 0.1) is 0 Å². The Hall–Kier alpha value is -2.04. The molecule has 0 amide bonds. The zero-order valence-electron chi connectivity index (χ0n) is 12.4. The van der Waals surface area contributed by atoms with E-state index in [0.29, 0.717) is 5.75 Å². The van der Waals surface area contributed by atoms with E-state index in [1.165, 1.54) is 0 Å². The van der Waals surface area contributed by atoms with Gasteiger partial charge in [0.05, 0.1) is 0 Å². The lowest BCUT2D eigenvalue weighted by Gasteiger charge is -2.26. The maximum Gasteiger partial charge on any atom is 0.318 e. The molecule has 0 heterocycles. The summed E-state index contributed by atoms with van der Waals surface area (Å²) in [4.78, 5) is 0. The molecule has 0 saturated heterocycles. The summed E-state index contributed by atoms with van der Waals surface area (Å²) < 4.78 is 4.97. The lowest BCUT2D eigenvalue weighted by Crippen LogP contribution is -2.30. The van der Waals surface area contributed by atoms with Gasteiger partial charge in [0.2, 0.25) is 0 Å². The molecule has 0 atom stereocenters. The predicted molar refractivity (Wildman–Crippen MR) is 80.1 cm³/mol. The number of benzene rings is 2. The first-order valence-electron chi connectivity index (χ1n) is 6.72. The molecule has 0 bridgehead atoms. The number of rotatable bonds is 4. The van der Waals surface area contributed by atoms with Crippen molar-refractivity contribution >= 4 is 0 Å². The fourth-order valence-corrected chi connectivity index (χ4v) is 2.21. The van der Waals surface area contributed by atoms with Gasteiger partial charge in [0.15, 0.2) is 0 Å². The fourth-order valence-electron chi connectivity index (χ4n) is 2.21. The van der Waals surface area contributed by atoms with Gasteiger partial charge in [0.25, 0.3) is 0 Å². The first kappa shape index (κ1) is 15.4. The number of ether oxygens (including phenoxy) is 1. The van der Waals surface area contributed by atoms with Crippen molar-refractivity contribution in [2.45, 2.75) is 32.2 Å². The van der Waals surface area contributed by atoms with Gasteiger partial charge in [-0.2, -0.15) is 0 Å². The Bertz CT molecular complexity index is 592. The van der Waals surface area contributed by atoms with Gasteiger partial charge in [-0.05, 0) is 35.4 Å². The van der Waals surface area contributed by atoms with Gasteiger partial charge in [-0.15, -0.1) is 0 Å². The van der Waals surface area contributed by atoms with Crippen molar-refractivity contribution in [3.05, 3.63) is 59.7 Å². The van der Waals surface area contributed by atoms with E-state index < -0.39 is 5.97 Å². The van der Waals surface area contributed by atoms with E-state index in [4.69, 9.17) is 4.74 Å². The van der Waals surface area contributed by atoms with Crippen LogP contribution in [0.3, 0.4) is 0 Å². The third-order valence-corrected chi connectivity index (χ3v) is 3.48. The summed E-state index contributed by atoms with van der Waals surface area (Å²) in [5, 5.41) is 27.8. The highest BCUT2D eigenvalue weighted by Crippen LogP contribution is 2.33. The standard InChI is InChI=1S/C17H20O4/c1-16(2,12-4-8-14(18)9-5-12)13-6-10-15(11-7-13)21-17(3,19)20/h4-11,18-20H,1-3H3. The highest BCUT2D eigenvalue weighted by atomic mass is 16.8. The maximum absolute atomic E-state index is 9.37. The Morgan fingerprint density at radius 1 is 0.762 bits per heavy atom. The number of hydrogen-bond donors (Lipinski definition) is 3. The predicted octanol–water partition coefficient (Wildman–Crippen LogP) is 2.76. The number of aliphatic hydroxyl groups is 2. The summed E-state index contributed by atoms with van der Waals surface area (Å²) in [7, 11) is 0. The van der Waals surface area contributed by atoms with Gasteiger partial charge in [-0.25, -0.2) is 0 Å². The highest BCUT2D eigenvalue weighted by Gasteiger charge is 2.23. The normalized spacial score (nSPS) is 12.2. The molecule has 4 nitrogen and oxygen atoms in total. The van der Waals surface area contributed by atoms with Crippen molar-refractivity contribution in [3.63, 3.8) is 0 Å². The molecule has 0 aliphatic rings. The molecule has 0 radical (unpaired) electrons. The second kappa shape index (κ2) is 5.39. The molecule has 21 heavy (non-hydrogen) atoms. The average Bonchev–Trinajstić information content (AvgIpc) is 2.38. The molecule has 2 rings (SSSR count). The van der Waals surface area contributed by atoms with Gasteiger partial charge in [0, 0.05) is 12.3 Å². The zero-order chi connectivity index (χ0) is 15.7. The molecule has 0 unspecified atom stereocenters. The van der Waals surface area contributed by atoms with Crippen molar-refractivity contribution < 1.29 is 20.1 Å². The van der Waals surface area contributed by atoms with Crippen LogP contribution in [0.1, 0.15) is 31.9 Å². The minimum absolute atomic E-state index is 0.239. The Morgan fingerprint density at radius 2 is 1.19 bits per heavy atom. The average molecular weight is 288 g/mol. The summed E-state index contributed by atoms with van der Waals surface area (Å²) >= 11 is 0. The largest absolute Gasteiger partial charge is 0.508 e. The van der Waals surface area contributed by atoms with Crippen LogP contribution in [-0.4, -0.2) is 21.3 Å². The van der Waals surface area contributed by atoms with Gasteiger partial charge < -0.3 is 20.1 Å². The molecular weight excluding hydrogens is 268 g/mol. The zero-order valence-corrected chi connectivity index (χ0v) is 12.4. The Labute approximate surface area is 124 Å². The van der Waals surface area contributed by atoms with Gasteiger partial charge >= 0.3 is 5.97 Å². The van der Waals surface area contributed by atoms with Crippen LogP contribution in [0.15, 0.2) is 48.5 Å². The topological polar surface area (TPSA) is 69.9 Å². The van der Waals surface area contributed by atoms with Crippen LogP contribution >= 0.6 is 0 Å². The van der Waals surface area contributed by atoms with E-state index in [2.05, 4.69) is 13.8 Å². The minimum atomic E-state index is -2.19. The molecule has 3 N–H and O–H groups in total. The lowest BCUT2D eigenvalue weighted by atomic mass is 9.78. The highest BCUT2D eigenvalue weighted by molar-refractivity contribution is 5.41. The van der Waals surface area contributed by atoms with Gasteiger partial charge in [-0.1, -0.05) is 38.1 Å². The van der Waals surface area contributed by atoms with Crippen LogP contribution in [0.4, 0.5) is 0 Å². The van der Waals surface area contributed by atoms with E-state index >= 15 is 0 Å². The van der Waals surface area contributed by atoms with E-state index in [1.807, 2.05) is 24.3 Å². The summed E-state index contributed by atoms with van der Waals surface area (Å²) in [6.45, 7) is 5.32. The van der Waals surface area contributed by atoms with Crippen molar-refractivity contribution in [2.75, 3.05) is 0 Å². The SMILES string of the molecule is CC(O)(O)Oc1ccc(C(C)(C)c2ccc(O)cc2)cc1. The van der Waals surface area contributed by atoms with Crippen LogP contribution in [-0.2, 0) is 5.41 Å². The van der Waals surface area contributed by atoms with E-state index in [9.17, 15) is 15.3 Å². The number of phenolic OH excluding ortho intramolecular Hbond substituents is 1. The quantitative estimate of drug-likeness (QED) is 0.757. The van der Waals surface area contributed by atoms with Gasteiger partial charge in [-0.3, -0.25) is 0 Å². The van der Waals surface area contributed by atoms with Gasteiger partial charge in [0.1, 0.15) is 11.5 Å². The van der Waals surface area contributed by atoms with E-state index in [0.717, 1.165) is 18.1 Å². The second-order valence-electron chi connectivity index (χ2n) is 5.73. The molecule has 2 aromatic rings. The minimum Gasteiger partial charge on any atom is -0.508 e. The van der Waals surface area contributed by atoms with Crippen LogP contribution < -0.4 is 4.74 Å². The molecule has 0 fully saturated rings. The third kappa shape index (κ3) is 3.74. The molecule has 112 valence electrons. The molecule has 4 heteroatoms. The second-order valence-corrected chi connectivity index (χ2v) is 5.73. The monoisotopic (exact) mass is 288 g/mol. The lowest BCUT2D eigenvalue weighted by molar-refractivity contribution is -0.277. The molecule has 0 saturated carbocycles. The summed E-state index contributed by atoms with van der Waals surface area (Å²) in [6.07, 6.45) is 0. The number of hydrogen-bond acceptors (Lipinski definition) is 4. The fraction of sp³-hybridized carbons (Fsp3) is 0.294. The third-order valence-electron chi connectivity index (χ3n) is 3.48. The Morgan fingerprint density at radius 3 is 1.62 bits per heavy atom. The van der Waals surface area contributed by atoms with Crippen LogP contribution in [0.5, 0.6) is 11.5 Å². The summed E-state index contributed by atoms with van der Waals surface area (Å²) in [5.41, 5.74) is 1.88. The molecule has 0 aromatic heterocycles. The Balaban J connectivity index is 2.26.